The number of anilines is 1. The lowest BCUT2D eigenvalue weighted by atomic mass is 9.94. The molecule has 3 heterocycles. The van der Waals surface area contributed by atoms with Crippen LogP contribution in [0.4, 0.5) is 5.82 Å². The molecular formula is C23H36IN7O2. The van der Waals surface area contributed by atoms with Crippen LogP contribution in [0.1, 0.15) is 57.8 Å². The molecule has 10 heteroatoms. The van der Waals surface area contributed by atoms with Crippen molar-refractivity contribution < 1.29 is 9.21 Å². The molecule has 1 aliphatic heterocycles. The van der Waals surface area contributed by atoms with Crippen LogP contribution in [0.15, 0.2) is 33.9 Å². The summed E-state index contributed by atoms with van der Waals surface area (Å²) in [5.41, 5.74) is 6.47. The second-order valence-electron chi connectivity index (χ2n) is 9.09. The SMILES string of the molecule is CCNC(=NCc1cccnc1N1CCCC(C(N)=O)C1)NCc1ncc(C(C)(C)C)o1.I. The predicted molar refractivity (Wildman–Crippen MR) is 141 cm³/mol. The van der Waals surface area contributed by atoms with E-state index in [0.717, 1.165) is 43.1 Å². The first-order valence-corrected chi connectivity index (χ1v) is 11.2. The van der Waals surface area contributed by atoms with E-state index in [1.807, 2.05) is 19.1 Å². The van der Waals surface area contributed by atoms with E-state index in [-0.39, 0.29) is 41.2 Å². The number of rotatable bonds is 7. The van der Waals surface area contributed by atoms with Gasteiger partial charge in [0.1, 0.15) is 11.6 Å². The van der Waals surface area contributed by atoms with E-state index in [2.05, 4.69) is 46.3 Å². The van der Waals surface area contributed by atoms with E-state index in [4.69, 9.17) is 15.1 Å². The molecule has 1 fully saturated rings. The van der Waals surface area contributed by atoms with Crippen molar-refractivity contribution in [3.8, 4) is 0 Å². The summed E-state index contributed by atoms with van der Waals surface area (Å²) >= 11 is 0. The number of guanidine groups is 1. The van der Waals surface area contributed by atoms with Crippen molar-refractivity contribution in [2.24, 2.45) is 16.6 Å². The number of carbonyl (C=O) groups excluding carboxylic acids is 1. The third-order valence-corrected chi connectivity index (χ3v) is 5.44. The van der Waals surface area contributed by atoms with Crippen LogP contribution in [0.2, 0.25) is 0 Å². The van der Waals surface area contributed by atoms with Gasteiger partial charge in [0, 0.05) is 36.8 Å². The van der Waals surface area contributed by atoms with E-state index in [1.54, 1.807) is 12.4 Å². The number of amides is 1. The van der Waals surface area contributed by atoms with Crippen LogP contribution >= 0.6 is 24.0 Å². The fourth-order valence-corrected chi connectivity index (χ4v) is 3.64. The minimum atomic E-state index is -0.245. The summed E-state index contributed by atoms with van der Waals surface area (Å²) in [5, 5.41) is 6.54. The molecule has 2 aromatic heterocycles. The molecule has 2 aromatic rings. The van der Waals surface area contributed by atoms with E-state index < -0.39 is 0 Å². The van der Waals surface area contributed by atoms with Gasteiger partial charge in [-0.25, -0.2) is 15.0 Å². The Morgan fingerprint density at radius 2 is 2.12 bits per heavy atom. The van der Waals surface area contributed by atoms with E-state index in [9.17, 15) is 4.79 Å². The molecule has 1 unspecified atom stereocenters. The summed E-state index contributed by atoms with van der Waals surface area (Å²) in [6.45, 7) is 11.4. The van der Waals surface area contributed by atoms with Crippen LogP contribution in [0.25, 0.3) is 0 Å². The maximum Gasteiger partial charge on any atom is 0.222 e. The molecule has 1 aliphatic rings. The number of nitrogens with one attached hydrogen (secondary N) is 2. The van der Waals surface area contributed by atoms with Crippen LogP contribution < -0.4 is 21.3 Å². The molecule has 9 nitrogen and oxygen atoms in total. The van der Waals surface area contributed by atoms with Crippen molar-refractivity contribution in [1.29, 1.82) is 0 Å². The van der Waals surface area contributed by atoms with Crippen molar-refractivity contribution in [3.05, 3.63) is 41.7 Å². The lowest BCUT2D eigenvalue weighted by molar-refractivity contribution is -0.122. The molecule has 0 aromatic carbocycles. The Morgan fingerprint density at radius 3 is 2.79 bits per heavy atom. The number of aromatic nitrogens is 2. The highest BCUT2D eigenvalue weighted by Crippen LogP contribution is 2.25. The van der Waals surface area contributed by atoms with Gasteiger partial charge in [-0.15, -0.1) is 24.0 Å². The van der Waals surface area contributed by atoms with Crippen molar-refractivity contribution in [3.63, 3.8) is 0 Å². The van der Waals surface area contributed by atoms with Gasteiger partial charge in [-0.3, -0.25) is 4.79 Å². The number of piperidine rings is 1. The number of oxazole rings is 1. The highest BCUT2D eigenvalue weighted by Gasteiger charge is 2.26. The number of hydrogen-bond acceptors (Lipinski definition) is 6. The zero-order chi connectivity index (χ0) is 23.1. The second-order valence-corrected chi connectivity index (χ2v) is 9.09. The zero-order valence-electron chi connectivity index (χ0n) is 19.9. The molecule has 1 amide bonds. The van der Waals surface area contributed by atoms with Crippen LogP contribution in [0.3, 0.4) is 0 Å². The van der Waals surface area contributed by atoms with Crippen molar-refractivity contribution >= 4 is 41.7 Å². The highest BCUT2D eigenvalue weighted by molar-refractivity contribution is 14.0. The minimum Gasteiger partial charge on any atom is -0.443 e. The molecule has 182 valence electrons. The molecule has 0 bridgehead atoms. The molecule has 0 radical (unpaired) electrons. The Bertz CT molecular complexity index is 939. The molecule has 1 saturated heterocycles. The summed E-state index contributed by atoms with van der Waals surface area (Å²) in [4.78, 5) is 27.5. The number of carbonyl (C=O) groups is 1. The molecule has 0 aliphatic carbocycles. The summed E-state index contributed by atoms with van der Waals surface area (Å²) < 4.78 is 5.86. The topological polar surface area (TPSA) is 122 Å². The lowest BCUT2D eigenvalue weighted by Crippen LogP contribution is -2.42. The van der Waals surface area contributed by atoms with Crippen molar-refractivity contribution in [2.75, 3.05) is 24.5 Å². The van der Waals surface area contributed by atoms with Crippen molar-refractivity contribution in [2.45, 2.75) is 59.0 Å². The van der Waals surface area contributed by atoms with Crippen LogP contribution in [-0.2, 0) is 23.3 Å². The number of hydrogen-bond donors (Lipinski definition) is 3. The zero-order valence-corrected chi connectivity index (χ0v) is 22.3. The van der Waals surface area contributed by atoms with Crippen molar-refractivity contribution in [1.82, 2.24) is 20.6 Å². The quantitative estimate of drug-likeness (QED) is 0.266. The Labute approximate surface area is 213 Å². The number of primary amides is 1. The third kappa shape index (κ3) is 7.58. The van der Waals surface area contributed by atoms with E-state index >= 15 is 0 Å². The summed E-state index contributed by atoms with van der Waals surface area (Å²) in [6, 6.07) is 3.93. The average molecular weight is 569 g/mol. The average Bonchev–Trinajstić information content (AvgIpc) is 3.26. The molecular weight excluding hydrogens is 533 g/mol. The number of halogens is 1. The van der Waals surface area contributed by atoms with Gasteiger partial charge in [0.25, 0.3) is 0 Å². The molecule has 0 spiro atoms. The van der Waals surface area contributed by atoms with Gasteiger partial charge in [-0.2, -0.15) is 0 Å². The van der Waals surface area contributed by atoms with Gasteiger partial charge in [0.05, 0.1) is 25.2 Å². The fraction of sp³-hybridized carbons (Fsp3) is 0.565. The van der Waals surface area contributed by atoms with Gasteiger partial charge in [0.15, 0.2) is 5.96 Å². The summed E-state index contributed by atoms with van der Waals surface area (Å²) in [5.74, 6) is 2.62. The lowest BCUT2D eigenvalue weighted by Gasteiger charge is -2.33. The monoisotopic (exact) mass is 569 g/mol. The molecule has 3 rings (SSSR count). The normalized spacial score (nSPS) is 16.8. The Hall–Kier alpha value is -2.37. The second kappa shape index (κ2) is 12.2. The Morgan fingerprint density at radius 1 is 1.33 bits per heavy atom. The van der Waals surface area contributed by atoms with E-state index in [1.165, 1.54) is 0 Å². The largest absolute Gasteiger partial charge is 0.443 e. The predicted octanol–water partition coefficient (Wildman–Crippen LogP) is 2.94. The maximum atomic E-state index is 11.7. The van der Waals surface area contributed by atoms with Crippen LogP contribution in [-0.4, -0.2) is 41.5 Å². The molecule has 33 heavy (non-hydrogen) atoms. The first kappa shape index (κ1) is 26.9. The smallest absolute Gasteiger partial charge is 0.222 e. The molecule has 0 saturated carbocycles. The van der Waals surface area contributed by atoms with Crippen LogP contribution in [0, 0.1) is 5.92 Å². The molecule has 1 atom stereocenters. The van der Waals surface area contributed by atoms with Gasteiger partial charge in [0.2, 0.25) is 11.8 Å². The number of nitrogens with two attached hydrogens (primary N) is 1. The number of pyridine rings is 1. The fourth-order valence-electron chi connectivity index (χ4n) is 3.64. The third-order valence-electron chi connectivity index (χ3n) is 5.44. The minimum absolute atomic E-state index is 0. The number of aliphatic imine (C=N–C) groups is 1. The Balaban J connectivity index is 0.00000385. The van der Waals surface area contributed by atoms with Gasteiger partial charge < -0.3 is 25.7 Å². The van der Waals surface area contributed by atoms with Gasteiger partial charge >= 0.3 is 0 Å². The summed E-state index contributed by atoms with van der Waals surface area (Å²) in [6.07, 6.45) is 5.30. The first-order valence-electron chi connectivity index (χ1n) is 11.2. The highest BCUT2D eigenvalue weighted by atomic mass is 127. The standard InChI is InChI=1S/C23H35N7O2.HI/c1-5-25-22(29-14-19-27-13-18(32-19)23(2,3)4)28-12-16-8-6-10-26-21(16)30-11-7-9-17(15-30)20(24)31;/h6,8,10,13,17H,5,7,9,11-12,14-15H2,1-4H3,(H2,24,31)(H2,25,28,29);1H. The van der Waals surface area contributed by atoms with Gasteiger partial charge in [-0.05, 0) is 25.8 Å². The maximum absolute atomic E-state index is 11.7. The number of nitrogens with zero attached hydrogens (tertiary/aromatic N) is 4. The first-order chi connectivity index (χ1) is 15.3. The van der Waals surface area contributed by atoms with Gasteiger partial charge in [-0.1, -0.05) is 26.8 Å². The van der Waals surface area contributed by atoms with Crippen LogP contribution in [0.5, 0.6) is 0 Å². The van der Waals surface area contributed by atoms with E-state index in [0.29, 0.717) is 31.5 Å². The Kier molecular flexibility index (Phi) is 9.93. The molecule has 4 N–H and O–H groups in total. The summed E-state index contributed by atoms with van der Waals surface area (Å²) in [7, 11) is 0.